The van der Waals surface area contributed by atoms with E-state index in [0.717, 1.165) is 28.5 Å². The van der Waals surface area contributed by atoms with Crippen LogP contribution in [0.1, 0.15) is 12.5 Å². The Morgan fingerprint density at radius 1 is 0.862 bits per heavy atom. The topological polar surface area (TPSA) is 38.9 Å². The molecule has 5 aromatic rings. The molecule has 0 aliphatic rings. The van der Waals surface area contributed by atoms with Gasteiger partial charge in [-0.15, -0.1) is 0 Å². The molecule has 142 valence electrons. The van der Waals surface area contributed by atoms with Gasteiger partial charge < -0.3 is 4.42 Å². The Morgan fingerprint density at radius 2 is 1.66 bits per heavy atom. The van der Waals surface area contributed by atoms with Gasteiger partial charge in [-0.25, -0.2) is 13.8 Å². The van der Waals surface area contributed by atoms with Crippen molar-refractivity contribution in [1.29, 1.82) is 0 Å². The van der Waals surface area contributed by atoms with Crippen LogP contribution in [0.4, 0.5) is 8.78 Å². The van der Waals surface area contributed by atoms with Crippen LogP contribution in [-0.2, 0) is 6.42 Å². The molecule has 3 heterocycles. The largest absolute Gasteiger partial charge is 0.438 e. The standard InChI is InChI=1S/C24H16F2N2O/c1-2-14-10-11-27-21(12-14)15-6-7-16-17-8-9-20(28-24(17)29-22(16)13-15)23-18(25)4-3-5-19(23)26/h3-13H,2H2,1H3. The summed E-state index contributed by atoms with van der Waals surface area (Å²) in [7, 11) is 0. The molecule has 0 saturated carbocycles. The van der Waals surface area contributed by atoms with E-state index in [2.05, 4.69) is 23.0 Å². The number of furan rings is 1. The zero-order valence-electron chi connectivity index (χ0n) is 15.6. The highest BCUT2D eigenvalue weighted by Crippen LogP contribution is 2.33. The van der Waals surface area contributed by atoms with E-state index in [9.17, 15) is 8.78 Å². The van der Waals surface area contributed by atoms with Gasteiger partial charge in [-0.05, 0) is 60.5 Å². The molecule has 3 aromatic heterocycles. The van der Waals surface area contributed by atoms with E-state index in [-0.39, 0.29) is 11.3 Å². The van der Waals surface area contributed by atoms with Gasteiger partial charge in [0.05, 0.1) is 17.0 Å². The minimum Gasteiger partial charge on any atom is -0.438 e. The summed E-state index contributed by atoms with van der Waals surface area (Å²) in [6.45, 7) is 2.10. The van der Waals surface area contributed by atoms with Gasteiger partial charge in [0.25, 0.3) is 0 Å². The van der Waals surface area contributed by atoms with Crippen LogP contribution in [0.5, 0.6) is 0 Å². The molecule has 2 aromatic carbocycles. The predicted octanol–water partition coefficient (Wildman–Crippen LogP) is 6.55. The molecule has 0 aliphatic heterocycles. The Morgan fingerprint density at radius 3 is 2.45 bits per heavy atom. The maximum atomic E-state index is 14.1. The first-order chi connectivity index (χ1) is 14.1. The average Bonchev–Trinajstić information content (AvgIpc) is 3.10. The zero-order valence-corrected chi connectivity index (χ0v) is 15.6. The lowest BCUT2D eigenvalue weighted by molar-refractivity contribution is 0.588. The third kappa shape index (κ3) is 2.95. The highest BCUT2D eigenvalue weighted by atomic mass is 19.1. The SMILES string of the molecule is CCc1ccnc(-c2ccc3c(c2)oc2nc(-c4c(F)cccc4F)ccc23)c1. The summed E-state index contributed by atoms with van der Waals surface area (Å²) in [5, 5.41) is 1.69. The number of rotatable bonds is 3. The van der Waals surface area contributed by atoms with Crippen molar-refractivity contribution >= 4 is 22.1 Å². The highest BCUT2D eigenvalue weighted by Gasteiger charge is 2.16. The van der Waals surface area contributed by atoms with Crippen LogP contribution in [0.3, 0.4) is 0 Å². The molecule has 5 heteroatoms. The van der Waals surface area contributed by atoms with Crippen molar-refractivity contribution in [1.82, 2.24) is 9.97 Å². The number of hydrogen-bond donors (Lipinski definition) is 0. The number of nitrogens with zero attached hydrogens (tertiary/aromatic N) is 2. The maximum absolute atomic E-state index is 14.1. The summed E-state index contributed by atoms with van der Waals surface area (Å²) in [5.41, 5.74) is 4.05. The molecular weight excluding hydrogens is 370 g/mol. The van der Waals surface area contributed by atoms with Gasteiger partial charge in [0.1, 0.15) is 17.2 Å². The van der Waals surface area contributed by atoms with Crippen molar-refractivity contribution in [2.24, 2.45) is 0 Å². The Kier molecular flexibility index (Phi) is 4.09. The molecule has 0 radical (unpaired) electrons. The van der Waals surface area contributed by atoms with Gasteiger partial charge in [-0.2, -0.15) is 0 Å². The number of hydrogen-bond acceptors (Lipinski definition) is 3. The Labute approximate surface area is 165 Å². The van der Waals surface area contributed by atoms with Crippen molar-refractivity contribution in [2.75, 3.05) is 0 Å². The first-order valence-electron chi connectivity index (χ1n) is 9.37. The predicted molar refractivity (Wildman–Crippen MR) is 109 cm³/mol. The summed E-state index contributed by atoms with van der Waals surface area (Å²) < 4.78 is 34.2. The summed E-state index contributed by atoms with van der Waals surface area (Å²) in [4.78, 5) is 8.82. The van der Waals surface area contributed by atoms with Crippen molar-refractivity contribution in [3.63, 3.8) is 0 Å². The zero-order chi connectivity index (χ0) is 20.0. The summed E-state index contributed by atoms with van der Waals surface area (Å²) in [6, 6.07) is 17.1. The van der Waals surface area contributed by atoms with E-state index in [1.54, 1.807) is 18.3 Å². The van der Waals surface area contributed by atoms with Crippen LogP contribution in [0, 0.1) is 11.6 Å². The van der Waals surface area contributed by atoms with Crippen LogP contribution < -0.4 is 0 Å². The fourth-order valence-corrected chi connectivity index (χ4v) is 3.55. The van der Waals surface area contributed by atoms with E-state index in [0.29, 0.717) is 11.3 Å². The normalized spacial score (nSPS) is 11.4. The van der Waals surface area contributed by atoms with Gasteiger partial charge in [0.2, 0.25) is 5.71 Å². The van der Waals surface area contributed by atoms with Gasteiger partial charge >= 0.3 is 0 Å². The summed E-state index contributed by atoms with van der Waals surface area (Å²) >= 11 is 0. The van der Waals surface area contributed by atoms with Crippen LogP contribution in [0.2, 0.25) is 0 Å². The van der Waals surface area contributed by atoms with Crippen molar-refractivity contribution in [3.8, 4) is 22.5 Å². The lowest BCUT2D eigenvalue weighted by Gasteiger charge is -2.03. The number of fused-ring (bicyclic) bond motifs is 3. The fraction of sp³-hybridized carbons (Fsp3) is 0.0833. The molecule has 0 atom stereocenters. The van der Waals surface area contributed by atoms with E-state index in [1.807, 2.05) is 24.3 Å². The second-order valence-corrected chi connectivity index (χ2v) is 6.86. The summed E-state index contributed by atoms with van der Waals surface area (Å²) in [6.07, 6.45) is 2.73. The van der Waals surface area contributed by atoms with Crippen molar-refractivity contribution in [2.45, 2.75) is 13.3 Å². The molecular formula is C24H16F2N2O. The number of aryl methyl sites for hydroxylation is 1. The molecule has 0 unspecified atom stereocenters. The van der Waals surface area contributed by atoms with Gasteiger partial charge in [0, 0.05) is 22.5 Å². The van der Waals surface area contributed by atoms with Crippen LogP contribution in [0.15, 0.2) is 71.3 Å². The lowest BCUT2D eigenvalue weighted by atomic mass is 10.1. The molecule has 0 N–H and O–H groups in total. The minimum atomic E-state index is -0.655. The monoisotopic (exact) mass is 386 g/mol. The second-order valence-electron chi connectivity index (χ2n) is 6.86. The number of benzene rings is 2. The first kappa shape index (κ1) is 17.5. The fourth-order valence-electron chi connectivity index (χ4n) is 3.55. The Balaban J connectivity index is 1.65. The van der Waals surface area contributed by atoms with Gasteiger partial charge in [-0.3, -0.25) is 4.98 Å². The molecule has 0 amide bonds. The van der Waals surface area contributed by atoms with Crippen LogP contribution in [-0.4, -0.2) is 9.97 Å². The molecule has 0 bridgehead atoms. The highest BCUT2D eigenvalue weighted by molar-refractivity contribution is 6.05. The number of halogens is 2. The average molecular weight is 386 g/mol. The number of pyridine rings is 2. The Hall–Kier alpha value is -3.60. The van der Waals surface area contributed by atoms with Crippen molar-refractivity contribution < 1.29 is 13.2 Å². The lowest BCUT2D eigenvalue weighted by Crippen LogP contribution is -1.92. The molecule has 0 saturated heterocycles. The van der Waals surface area contributed by atoms with E-state index < -0.39 is 11.6 Å². The van der Waals surface area contributed by atoms with E-state index in [4.69, 9.17) is 4.42 Å². The Bertz CT molecular complexity index is 1350. The van der Waals surface area contributed by atoms with Gasteiger partial charge in [-0.1, -0.05) is 19.1 Å². The van der Waals surface area contributed by atoms with Gasteiger partial charge in [0.15, 0.2) is 0 Å². The minimum absolute atomic E-state index is 0.156. The number of aromatic nitrogens is 2. The molecule has 0 aliphatic carbocycles. The third-order valence-electron chi connectivity index (χ3n) is 5.09. The van der Waals surface area contributed by atoms with E-state index >= 15 is 0 Å². The third-order valence-corrected chi connectivity index (χ3v) is 5.09. The molecule has 0 fully saturated rings. The van der Waals surface area contributed by atoms with Crippen LogP contribution in [0.25, 0.3) is 44.6 Å². The smallest absolute Gasteiger partial charge is 0.227 e. The first-order valence-corrected chi connectivity index (χ1v) is 9.37. The molecule has 29 heavy (non-hydrogen) atoms. The van der Waals surface area contributed by atoms with Crippen LogP contribution >= 0.6 is 0 Å². The quantitative estimate of drug-likeness (QED) is 0.353. The maximum Gasteiger partial charge on any atom is 0.227 e. The molecule has 0 spiro atoms. The molecule has 3 nitrogen and oxygen atoms in total. The summed E-state index contributed by atoms with van der Waals surface area (Å²) in [5.74, 6) is -1.31. The van der Waals surface area contributed by atoms with Crippen molar-refractivity contribution in [3.05, 3.63) is 84.1 Å². The molecule has 5 rings (SSSR count). The van der Waals surface area contributed by atoms with E-state index in [1.165, 1.54) is 23.8 Å². The second kappa shape index (κ2) is 6.78.